The van der Waals surface area contributed by atoms with Gasteiger partial charge < -0.3 is 4.42 Å². The normalized spacial score (nSPS) is 12.1. The van der Waals surface area contributed by atoms with Gasteiger partial charge >= 0.3 is 0 Å². The summed E-state index contributed by atoms with van der Waals surface area (Å²) in [5, 5.41) is 8.11. The van der Waals surface area contributed by atoms with E-state index in [9.17, 15) is 0 Å². The van der Waals surface area contributed by atoms with Crippen LogP contribution in [-0.4, -0.2) is 0 Å². The highest BCUT2D eigenvalue weighted by atomic mass is 32.1. The summed E-state index contributed by atoms with van der Waals surface area (Å²) in [4.78, 5) is 0.941. The summed E-state index contributed by atoms with van der Waals surface area (Å²) in [7, 11) is 0. The SMILES string of the molecule is C=Cc1oc2cc(-c3c4ccccc4c(-c4ccccc4)c4ccccc34)ccc2c1/C(=C\C)c1c(C=C)c(/C=C\C)c(S)c2ccccc12. The third kappa shape index (κ3) is 4.87. The average molecular weight is 661 g/mol. The quantitative estimate of drug-likeness (QED) is 0.133. The number of benzene rings is 7. The van der Waals surface area contributed by atoms with Gasteiger partial charge in [-0.15, -0.1) is 12.6 Å². The average Bonchev–Trinajstić information content (AvgIpc) is 3.53. The van der Waals surface area contributed by atoms with Gasteiger partial charge in [-0.3, -0.25) is 0 Å². The molecular formula is C48H36OS. The standard InChI is InChI=1S/C48H36OS/c1-5-18-39-32(6-2)46(38-25-16-17-26-40(38)48(39)50)33(7-3)47-41-28-27-31(29-43(41)49-42(47)8-4)45-36-23-14-12-21-34(36)44(30-19-10-9-11-20-30)35-22-13-15-24-37(35)45/h5-29,50H,2,4H2,1,3H3/b18-5-,33-7-. The highest BCUT2D eigenvalue weighted by Crippen LogP contribution is 2.47. The lowest BCUT2D eigenvalue weighted by Crippen LogP contribution is -1.99. The molecule has 0 atom stereocenters. The van der Waals surface area contributed by atoms with Gasteiger partial charge in [-0.05, 0) is 109 Å². The fourth-order valence-corrected chi connectivity index (χ4v) is 8.15. The summed E-state index contributed by atoms with van der Waals surface area (Å²) < 4.78 is 6.71. The first kappa shape index (κ1) is 31.4. The first-order valence-electron chi connectivity index (χ1n) is 17.0. The minimum atomic E-state index is 0.737. The molecule has 0 N–H and O–H groups in total. The van der Waals surface area contributed by atoms with Crippen molar-refractivity contribution in [3.63, 3.8) is 0 Å². The summed E-state index contributed by atoms with van der Waals surface area (Å²) in [6, 6.07) is 43.3. The first-order valence-corrected chi connectivity index (χ1v) is 17.4. The lowest BCUT2D eigenvalue weighted by atomic mass is 9.84. The Balaban J connectivity index is 1.40. The fraction of sp³-hybridized carbons (Fsp3) is 0.0417. The third-order valence-corrected chi connectivity index (χ3v) is 10.3. The van der Waals surface area contributed by atoms with Crippen molar-refractivity contribution in [2.24, 2.45) is 0 Å². The number of allylic oxidation sites excluding steroid dienone is 2. The fourth-order valence-electron chi connectivity index (χ4n) is 7.76. The van der Waals surface area contributed by atoms with Gasteiger partial charge in [-0.2, -0.15) is 0 Å². The van der Waals surface area contributed by atoms with E-state index < -0.39 is 0 Å². The van der Waals surface area contributed by atoms with Crippen LogP contribution in [0.15, 0.2) is 156 Å². The Morgan fingerprint density at radius 2 is 1.12 bits per heavy atom. The summed E-state index contributed by atoms with van der Waals surface area (Å²) in [5.74, 6) is 0.737. The number of thiol groups is 1. The zero-order valence-electron chi connectivity index (χ0n) is 28.2. The Labute approximate surface area is 298 Å². The van der Waals surface area contributed by atoms with E-state index in [1.54, 1.807) is 0 Å². The monoisotopic (exact) mass is 660 g/mol. The summed E-state index contributed by atoms with van der Waals surface area (Å²) >= 11 is 5.01. The number of hydrogen-bond donors (Lipinski definition) is 1. The highest BCUT2D eigenvalue weighted by molar-refractivity contribution is 7.80. The molecule has 0 bridgehead atoms. The predicted octanol–water partition coefficient (Wildman–Crippen LogP) is 14.3. The molecule has 0 amide bonds. The molecule has 0 aliphatic heterocycles. The summed E-state index contributed by atoms with van der Waals surface area (Å²) in [6.45, 7) is 12.6. The Morgan fingerprint density at radius 1 is 0.560 bits per heavy atom. The predicted molar refractivity (Wildman–Crippen MR) is 221 cm³/mol. The molecule has 0 unspecified atom stereocenters. The number of furan rings is 1. The molecule has 0 aliphatic rings. The van der Waals surface area contributed by atoms with E-state index in [2.05, 4.69) is 160 Å². The van der Waals surface area contributed by atoms with Gasteiger partial charge in [0.2, 0.25) is 0 Å². The Kier molecular flexibility index (Phi) is 8.11. The van der Waals surface area contributed by atoms with E-state index in [1.807, 2.05) is 19.1 Å². The molecule has 0 spiro atoms. The number of rotatable bonds is 7. The Morgan fingerprint density at radius 3 is 1.68 bits per heavy atom. The van der Waals surface area contributed by atoms with Crippen LogP contribution in [-0.2, 0) is 0 Å². The van der Waals surface area contributed by atoms with Crippen molar-refractivity contribution in [1.29, 1.82) is 0 Å². The number of hydrogen-bond acceptors (Lipinski definition) is 2. The van der Waals surface area contributed by atoms with Gasteiger partial charge in [-0.25, -0.2) is 0 Å². The van der Waals surface area contributed by atoms with Crippen molar-refractivity contribution in [1.82, 2.24) is 0 Å². The van der Waals surface area contributed by atoms with Crippen LogP contribution in [0.5, 0.6) is 0 Å². The van der Waals surface area contributed by atoms with Crippen LogP contribution >= 0.6 is 12.6 Å². The molecule has 0 fully saturated rings. The Hall–Kier alpha value is -5.83. The molecule has 1 aromatic heterocycles. The smallest absolute Gasteiger partial charge is 0.136 e. The minimum Gasteiger partial charge on any atom is -0.456 e. The van der Waals surface area contributed by atoms with Crippen LogP contribution in [0.25, 0.3) is 89.3 Å². The van der Waals surface area contributed by atoms with Crippen molar-refractivity contribution in [2.45, 2.75) is 18.7 Å². The maximum atomic E-state index is 6.71. The molecule has 0 saturated heterocycles. The molecule has 1 nitrogen and oxygen atoms in total. The molecule has 8 rings (SSSR count). The lowest BCUT2D eigenvalue weighted by Gasteiger charge is -2.20. The van der Waals surface area contributed by atoms with Crippen LogP contribution in [0.2, 0.25) is 0 Å². The molecule has 1 heterocycles. The van der Waals surface area contributed by atoms with E-state index in [0.29, 0.717) is 0 Å². The molecule has 0 aliphatic carbocycles. The molecule has 240 valence electrons. The molecule has 7 aromatic carbocycles. The van der Waals surface area contributed by atoms with E-state index >= 15 is 0 Å². The van der Waals surface area contributed by atoms with Crippen LogP contribution in [0.1, 0.15) is 41.9 Å². The van der Waals surface area contributed by atoms with E-state index in [-0.39, 0.29) is 0 Å². The van der Waals surface area contributed by atoms with Gasteiger partial charge in [0.25, 0.3) is 0 Å². The van der Waals surface area contributed by atoms with Crippen molar-refractivity contribution in [3.05, 3.63) is 175 Å². The van der Waals surface area contributed by atoms with Crippen LogP contribution in [0, 0.1) is 0 Å². The van der Waals surface area contributed by atoms with E-state index in [1.165, 1.54) is 38.2 Å². The van der Waals surface area contributed by atoms with Gasteiger partial charge in [0, 0.05) is 15.8 Å². The Bertz CT molecular complexity index is 2650. The van der Waals surface area contributed by atoms with Crippen LogP contribution in [0.4, 0.5) is 0 Å². The zero-order valence-corrected chi connectivity index (χ0v) is 29.1. The second kappa shape index (κ2) is 12.9. The van der Waals surface area contributed by atoms with Gasteiger partial charge in [0.05, 0.1) is 0 Å². The van der Waals surface area contributed by atoms with Gasteiger partial charge in [0.15, 0.2) is 0 Å². The number of fused-ring (bicyclic) bond motifs is 4. The molecule has 50 heavy (non-hydrogen) atoms. The molecule has 0 radical (unpaired) electrons. The van der Waals surface area contributed by atoms with Crippen molar-refractivity contribution < 1.29 is 4.42 Å². The van der Waals surface area contributed by atoms with Crippen LogP contribution in [0.3, 0.4) is 0 Å². The van der Waals surface area contributed by atoms with Crippen molar-refractivity contribution in [2.75, 3.05) is 0 Å². The molecule has 8 aromatic rings. The molecule has 0 saturated carbocycles. The largest absolute Gasteiger partial charge is 0.456 e. The molecular weight excluding hydrogens is 625 g/mol. The first-order chi connectivity index (χ1) is 24.6. The van der Waals surface area contributed by atoms with Crippen molar-refractivity contribution >= 4 is 79.7 Å². The highest BCUT2D eigenvalue weighted by Gasteiger charge is 2.24. The topological polar surface area (TPSA) is 13.1 Å². The second-order valence-electron chi connectivity index (χ2n) is 12.5. The summed E-state index contributed by atoms with van der Waals surface area (Å²) in [5.41, 5.74) is 10.9. The second-order valence-corrected chi connectivity index (χ2v) is 12.9. The minimum absolute atomic E-state index is 0.737. The van der Waals surface area contributed by atoms with Gasteiger partial charge in [0.1, 0.15) is 11.3 Å². The maximum absolute atomic E-state index is 6.71. The third-order valence-electron chi connectivity index (χ3n) is 9.82. The lowest BCUT2D eigenvalue weighted by molar-refractivity contribution is 0.603. The summed E-state index contributed by atoms with van der Waals surface area (Å²) in [6.07, 6.45) is 10.1. The van der Waals surface area contributed by atoms with Crippen molar-refractivity contribution in [3.8, 4) is 22.3 Å². The zero-order chi connectivity index (χ0) is 34.4. The van der Waals surface area contributed by atoms with E-state index in [0.717, 1.165) is 65.8 Å². The van der Waals surface area contributed by atoms with E-state index in [4.69, 9.17) is 17.0 Å². The van der Waals surface area contributed by atoms with Crippen LogP contribution < -0.4 is 0 Å². The van der Waals surface area contributed by atoms with Gasteiger partial charge in [-0.1, -0.05) is 147 Å². The maximum Gasteiger partial charge on any atom is 0.136 e. The molecule has 2 heteroatoms.